The van der Waals surface area contributed by atoms with E-state index < -0.39 is 11.5 Å². The van der Waals surface area contributed by atoms with Crippen LogP contribution < -0.4 is 0 Å². The number of aromatic nitrogens is 2. The Balaban J connectivity index is 1.72. The van der Waals surface area contributed by atoms with Crippen LogP contribution in [0.5, 0.6) is 0 Å². The van der Waals surface area contributed by atoms with E-state index in [0.29, 0.717) is 30.5 Å². The van der Waals surface area contributed by atoms with Crippen molar-refractivity contribution in [2.24, 2.45) is 15.8 Å². The number of allylic oxidation sites excluding steroid dienone is 2. The maximum Gasteiger partial charge on any atom is 0.191 e. The number of aliphatic hydroxyl groups is 1. The Bertz CT molecular complexity index is 1120. The van der Waals surface area contributed by atoms with E-state index >= 15 is 0 Å². The molecule has 0 amide bonds. The van der Waals surface area contributed by atoms with Crippen LogP contribution in [-0.2, 0) is 11.2 Å². The van der Waals surface area contributed by atoms with Crippen LogP contribution in [0.3, 0.4) is 0 Å². The molecule has 1 heterocycles. The van der Waals surface area contributed by atoms with Gasteiger partial charge in [-0.2, -0.15) is 5.10 Å². The number of nitrogens with zero attached hydrogens (tertiary/aromatic N) is 3. The fraction of sp³-hybridized carbons (Fsp3) is 0.440. The van der Waals surface area contributed by atoms with E-state index in [9.17, 15) is 14.7 Å². The minimum atomic E-state index is -0.643. The lowest BCUT2D eigenvalue weighted by molar-refractivity contribution is -0.117. The molecule has 1 atom stereocenters. The number of rotatable bonds is 3. The van der Waals surface area contributed by atoms with Crippen LogP contribution in [0.1, 0.15) is 62.3 Å². The first-order valence-electron chi connectivity index (χ1n) is 10.7. The number of hydrogen-bond acceptors (Lipinski definition) is 5. The molecule has 0 spiro atoms. The third-order valence-electron chi connectivity index (χ3n) is 6.26. The van der Waals surface area contributed by atoms with Gasteiger partial charge in [0, 0.05) is 24.5 Å². The first-order valence-corrected chi connectivity index (χ1v) is 10.7. The van der Waals surface area contributed by atoms with Gasteiger partial charge in [0.25, 0.3) is 0 Å². The number of aliphatic imine (C=N–C) groups is 1. The smallest absolute Gasteiger partial charge is 0.191 e. The number of carbonyl (C=O) groups is 2. The lowest BCUT2D eigenvalue weighted by Gasteiger charge is -2.35. The summed E-state index contributed by atoms with van der Waals surface area (Å²) in [7, 11) is 0. The summed E-state index contributed by atoms with van der Waals surface area (Å²) in [6.07, 6.45) is 2.82. The summed E-state index contributed by atoms with van der Waals surface area (Å²) in [5, 5.41) is 15.0. The molecule has 31 heavy (non-hydrogen) atoms. The molecule has 6 nitrogen and oxygen atoms in total. The molecule has 1 unspecified atom stereocenters. The van der Waals surface area contributed by atoms with Crippen molar-refractivity contribution < 1.29 is 14.7 Å². The Morgan fingerprint density at radius 3 is 2.42 bits per heavy atom. The van der Waals surface area contributed by atoms with Gasteiger partial charge in [-0.3, -0.25) is 14.6 Å². The van der Waals surface area contributed by atoms with Crippen molar-refractivity contribution in [1.82, 2.24) is 9.78 Å². The Morgan fingerprint density at radius 2 is 1.77 bits per heavy atom. The van der Waals surface area contributed by atoms with E-state index in [4.69, 9.17) is 0 Å². The van der Waals surface area contributed by atoms with Crippen molar-refractivity contribution in [1.29, 1.82) is 0 Å². The average molecular weight is 420 g/mol. The quantitative estimate of drug-likeness (QED) is 0.738. The Labute approximate surface area is 182 Å². The van der Waals surface area contributed by atoms with Gasteiger partial charge in [0.1, 0.15) is 11.8 Å². The molecule has 0 radical (unpaired) electrons. The Morgan fingerprint density at radius 1 is 1.10 bits per heavy atom. The third kappa shape index (κ3) is 3.75. The van der Waals surface area contributed by atoms with Gasteiger partial charge in [-0.15, -0.1) is 0 Å². The molecular formula is C25H29N3O3. The number of aryl methyl sites for hydroxylation is 1. The number of para-hydroxylation sites is 1. The molecule has 0 aliphatic heterocycles. The Kier molecular flexibility index (Phi) is 4.99. The normalized spacial score (nSPS) is 22.8. The maximum atomic E-state index is 13.5. The van der Waals surface area contributed by atoms with E-state index in [1.54, 1.807) is 0 Å². The standard InChI is InChI=1S/C25H29N3O3/c1-15-21-18(28(27-15)16-9-7-6-8-10-16)11-25(4,5)23(22(21)31)26-14-17-19(29)12-24(2,3)13-20(17)30/h6-10,14,23,29H,11-13H2,1-5H3. The van der Waals surface area contributed by atoms with Crippen molar-refractivity contribution in [3.05, 3.63) is 58.6 Å². The van der Waals surface area contributed by atoms with Crippen LogP contribution in [0.15, 0.2) is 46.7 Å². The predicted molar refractivity (Wildman–Crippen MR) is 120 cm³/mol. The summed E-state index contributed by atoms with van der Waals surface area (Å²) in [5.41, 5.74) is 2.59. The molecule has 1 aromatic carbocycles. The molecule has 0 saturated carbocycles. The Hall–Kier alpha value is -3.02. The minimum absolute atomic E-state index is 0.0554. The van der Waals surface area contributed by atoms with Crippen LogP contribution in [0.4, 0.5) is 0 Å². The van der Waals surface area contributed by atoms with Gasteiger partial charge in [0.05, 0.1) is 28.2 Å². The van der Waals surface area contributed by atoms with Crippen LogP contribution >= 0.6 is 0 Å². The zero-order chi connectivity index (χ0) is 22.6. The predicted octanol–water partition coefficient (Wildman–Crippen LogP) is 4.59. The summed E-state index contributed by atoms with van der Waals surface area (Å²) < 4.78 is 1.85. The second-order valence-corrected chi connectivity index (χ2v) is 10.2. The first kappa shape index (κ1) is 21.2. The van der Waals surface area contributed by atoms with E-state index in [1.165, 1.54) is 6.21 Å². The molecule has 0 saturated heterocycles. The number of ketones is 2. The monoisotopic (exact) mass is 419 g/mol. The lowest BCUT2D eigenvalue weighted by atomic mass is 9.71. The van der Waals surface area contributed by atoms with Crippen LogP contribution in [0.2, 0.25) is 0 Å². The number of benzene rings is 1. The third-order valence-corrected chi connectivity index (χ3v) is 6.26. The highest BCUT2D eigenvalue weighted by Crippen LogP contribution is 2.40. The second-order valence-electron chi connectivity index (χ2n) is 10.2. The first-order chi connectivity index (χ1) is 14.5. The van der Waals surface area contributed by atoms with Gasteiger partial charge in [-0.05, 0) is 30.9 Å². The van der Waals surface area contributed by atoms with Crippen LogP contribution in [-0.4, -0.2) is 38.7 Å². The van der Waals surface area contributed by atoms with E-state index in [1.807, 2.05) is 69.6 Å². The van der Waals surface area contributed by atoms with Crippen LogP contribution in [0, 0.1) is 17.8 Å². The summed E-state index contributed by atoms with van der Waals surface area (Å²) in [4.78, 5) is 30.6. The minimum Gasteiger partial charge on any atom is -0.511 e. The fourth-order valence-electron chi connectivity index (χ4n) is 4.73. The molecule has 6 heteroatoms. The zero-order valence-electron chi connectivity index (χ0n) is 18.8. The molecule has 0 fully saturated rings. The zero-order valence-corrected chi connectivity index (χ0v) is 18.8. The van der Waals surface area contributed by atoms with Gasteiger partial charge < -0.3 is 5.11 Å². The molecule has 4 rings (SSSR count). The highest BCUT2D eigenvalue weighted by Gasteiger charge is 2.44. The molecule has 162 valence electrons. The molecule has 2 aromatic rings. The summed E-state index contributed by atoms with van der Waals surface area (Å²) in [5.74, 6) is -0.168. The molecular weight excluding hydrogens is 390 g/mol. The number of hydrogen-bond donors (Lipinski definition) is 1. The van der Waals surface area contributed by atoms with Gasteiger partial charge in [0.2, 0.25) is 0 Å². The van der Waals surface area contributed by atoms with Crippen molar-refractivity contribution in [2.75, 3.05) is 0 Å². The molecule has 1 N–H and O–H groups in total. The molecule has 2 aliphatic carbocycles. The molecule has 2 aliphatic rings. The number of carbonyl (C=O) groups excluding carboxylic acids is 2. The van der Waals surface area contributed by atoms with Gasteiger partial charge in [-0.1, -0.05) is 45.9 Å². The highest BCUT2D eigenvalue weighted by molar-refractivity contribution is 6.15. The summed E-state index contributed by atoms with van der Waals surface area (Å²) >= 11 is 0. The average Bonchev–Trinajstić information content (AvgIpc) is 2.98. The summed E-state index contributed by atoms with van der Waals surface area (Å²) in [6.45, 7) is 9.77. The maximum absolute atomic E-state index is 13.5. The summed E-state index contributed by atoms with van der Waals surface area (Å²) in [6, 6.07) is 9.15. The number of fused-ring (bicyclic) bond motifs is 1. The topological polar surface area (TPSA) is 84.6 Å². The molecule has 1 aromatic heterocycles. The largest absolute Gasteiger partial charge is 0.511 e. The SMILES string of the molecule is Cc1nn(-c2ccccc2)c2c1C(=O)C(N=CC1=C(O)CC(C)(C)CC1=O)C(C)(C)C2. The molecule has 0 bridgehead atoms. The van der Waals surface area contributed by atoms with Crippen molar-refractivity contribution in [2.45, 2.75) is 59.9 Å². The number of aliphatic hydroxyl groups excluding tert-OH is 1. The van der Waals surface area contributed by atoms with Crippen molar-refractivity contribution >= 4 is 17.8 Å². The van der Waals surface area contributed by atoms with E-state index in [2.05, 4.69) is 10.1 Å². The van der Waals surface area contributed by atoms with Crippen molar-refractivity contribution in [3.63, 3.8) is 0 Å². The van der Waals surface area contributed by atoms with E-state index in [0.717, 1.165) is 11.4 Å². The van der Waals surface area contributed by atoms with Gasteiger partial charge >= 0.3 is 0 Å². The number of Topliss-reactive ketones (excluding diaryl/α,β-unsaturated/α-hetero) is 2. The van der Waals surface area contributed by atoms with Gasteiger partial charge in [0.15, 0.2) is 11.6 Å². The van der Waals surface area contributed by atoms with Crippen molar-refractivity contribution in [3.8, 4) is 5.69 Å². The van der Waals surface area contributed by atoms with Crippen LogP contribution in [0.25, 0.3) is 5.69 Å². The fourth-order valence-corrected chi connectivity index (χ4v) is 4.73. The van der Waals surface area contributed by atoms with Gasteiger partial charge in [-0.25, -0.2) is 4.68 Å². The highest BCUT2D eigenvalue weighted by atomic mass is 16.3. The second kappa shape index (κ2) is 7.29. The lowest BCUT2D eigenvalue weighted by Crippen LogP contribution is -2.42. The van der Waals surface area contributed by atoms with E-state index in [-0.39, 0.29) is 28.3 Å².